The van der Waals surface area contributed by atoms with Crippen LogP contribution in [0.25, 0.3) is 5.69 Å². The van der Waals surface area contributed by atoms with Crippen LogP contribution in [0.5, 0.6) is 5.75 Å². The van der Waals surface area contributed by atoms with Crippen molar-refractivity contribution in [3.05, 3.63) is 63.9 Å². The maximum Gasteiger partial charge on any atom is 0.221 e. The van der Waals surface area contributed by atoms with E-state index in [1.54, 1.807) is 16.5 Å². The first-order valence-electron chi connectivity index (χ1n) is 8.40. The van der Waals surface area contributed by atoms with E-state index < -0.39 is 0 Å². The van der Waals surface area contributed by atoms with Crippen molar-refractivity contribution in [1.82, 2.24) is 24.7 Å². The summed E-state index contributed by atoms with van der Waals surface area (Å²) in [4.78, 5) is 2.14. The lowest BCUT2D eigenvalue weighted by Gasteiger charge is -2.16. The Bertz CT molecular complexity index is 945. The molecule has 0 aliphatic carbocycles. The Labute approximate surface area is 158 Å². The van der Waals surface area contributed by atoms with Crippen LogP contribution in [0, 0.1) is 18.6 Å². The minimum absolute atomic E-state index is 0.565. The number of rotatable bonds is 6. The fourth-order valence-electron chi connectivity index (χ4n) is 2.78. The number of ether oxygens (including phenoxy) is 1. The zero-order valence-electron chi connectivity index (χ0n) is 15.5. The van der Waals surface area contributed by atoms with Crippen molar-refractivity contribution >= 4 is 12.2 Å². The number of hydrogen-bond acceptors (Lipinski definition) is 5. The number of methoxy groups -OCH3 is 1. The molecule has 136 valence electrons. The van der Waals surface area contributed by atoms with Gasteiger partial charge in [-0.15, -0.1) is 0 Å². The summed E-state index contributed by atoms with van der Waals surface area (Å²) in [6.45, 7) is 5.45. The van der Waals surface area contributed by atoms with Crippen molar-refractivity contribution in [2.45, 2.75) is 27.1 Å². The first-order chi connectivity index (χ1) is 12.5. The van der Waals surface area contributed by atoms with E-state index in [1.807, 2.05) is 26.1 Å². The molecule has 3 aromatic rings. The summed E-state index contributed by atoms with van der Waals surface area (Å²) in [5.41, 5.74) is 4.45. The molecule has 0 saturated carbocycles. The fourth-order valence-corrected chi connectivity index (χ4v) is 3.01. The van der Waals surface area contributed by atoms with Gasteiger partial charge in [0.05, 0.1) is 19.5 Å². The number of aryl methyl sites for hydroxylation is 2. The summed E-state index contributed by atoms with van der Waals surface area (Å²) in [6, 6.07) is 14.3. The van der Waals surface area contributed by atoms with Gasteiger partial charge in [0.15, 0.2) is 0 Å². The van der Waals surface area contributed by atoms with Crippen molar-refractivity contribution < 1.29 is 4.74 Å². The lowest BCUT2D eigenvalue weighted by Crippen LogP contribution is -2.22. The molecule has 0 unspecified atom stereocenters. The van der Waals surface area contributed by atoms with E-state index in [-0.39, 0.29) is 0 Å². The first-order valence-corrected chi connectivity index (χ1v) is 8.80. The van der Waals surface area contributed by atoms with E-state index in [2.05, 4.69) is 52.6 Å². The van der Waals surface area contributed by atoms with Crippen LogP contribution in [0.2, 0.25) is 0 Å². The van der Waals surface area contributed by atoms with Gasteiger partial charge in [-0.2, -0.15) is 4.68 Å². The quantitative estimate of drug-likeness (QED) is 0.622. The van der Waals surface area contributed by atoms with Gasteiger partial charge in [-0.25, -0.2) is 4.68 Å². The molecule has 0 aliphatic rings. The summed E-state index contributed by atoms with van der Waals surface area (Å²) in [7, 11) is 3.70. The molecule has 0 spiro atoms. The van der Waals surface area contributed by atoms with Crippen LogP contribution in [0.3, 0.4) is 0 Å². The predicted octanol–water partition coefficient (Wildman–Crippen LogP) is 3.51. The molecule has 3 rings (SSSR count). The normalized spacial score (nSPS) is 11.1. The Hall–Kier alpha value is -2.51. The SMILES string of the molecule is COc1ccc(CN(C)Cn2nnn(-c3cc(C)ccc3C)c2=S)cc1. The largest absolute Gasteiger partial charge is 0.497 e. The van der Waals surface area contributed by atoms with Crippen LogP contribution in [0.15, 0.2) is 42.5 Å². The van der Waals surface area contributed by atoms with E-state index in [1.165, 1.54) is 11.1 Å². The summed E-state index contributed by atoms with van der Waals surface area (Å²) >= 11 is 5.58. The summed E-state index contributed by atoms with van der Waals surface area (Å²) in [6.07, 6.45) is 0. The second-order valence-electron chi connectivity index (χ2n) is 6.47. The molecule has 7 heteroatoms. The lowest BCUT2D eigenvalue weighted by molar-refractivity contribution is 0.242. The van der Waals surface area contributed by atoms with Crippen LogP contribution in [0.1, 0.15) is 16.7 Å². The summed E-state index contributed by atoms with van der Waals surface area (Å²) < 4.78 is 9.24. The monoisotopic (exact) mass is 369 g/mol. The van der Waals surface area contributed by atoms with E-state index in [9.17, 15) is 0 Å². The molecule has 0 aliphatic heterocycles. The maximum absolute atomic E-state index is 5.58. The highest BCUT2D eigenvalue weighted by Crippen LogP contribution is 2.16. The fraction of sp³-hybridized carbons (Fsp3) is 0.316. The van der Waals surface area contributed by atoms with Crippen molar-refractivity contribution in [2.24, 2.45) is 0 Å². The van der Waals surface area contributed by atoms with Crippen LogP contribution in [0.4, 0.5) is 0 Å². The molecule has 2 aromatic carbocycles. The van der Waals surface area contributed by atoms with Crippen LogP contribution in [-0.4, -0.2) is 38.8 Å². The van der Waals surface area contributed by atoms with Crippen LogP contribution < -0.4 is 4.74 Å². The molecule has 6 nitrogen and oxygen atoms in total. The molecule has 0 N–H and O–H groups in total. The van der Waals surface area contributed by atoms with Crippen molar-refractivity contribution in [3.8, 4) is 11.4 Å². The number of nitrogens with zero attached hydrogens (tertiary/aromatic N) is 5. The smallest absolute Gasteiger partial charge is 0.221 e. The number of tetrazole rings is 1. The molecular formula is C19H23N5OS. The molecule has 0 atom stereocenters. The van der Waals surface area contributed by atoms with Crippen molar-refractivity contribution in [1.29, 1.82) is 0 Å². The lowest BCUT2D eigenvalue weighted by atomic mass is 10.1. The van der Waals surface area contributed by atoms with E-state index >= 15 is 0 Å². The molecule has 0 saturated heterocycles. The zero-order valence-corrected chi connectivity index (χ0v) is 16.3. The highest BCUT2D eigenvalue weighted by atomic mass is 32.1. The summed E-state index contributed by atoms with van der Waals surface area (Å²) in [5.74, 6) is 0.857. The molecule has 0 radical (unpaired) electrons. The first kappa shape index (κ1) is 18.3. The number of hydrogen-bond donors (Lipinski definition) is 0. The third-order valence-electron chi connectivity index (χ3n) is 4.22. The third kappa shape index (κ3) is 4.00. The molecule has 0 bridgehead atoms. The zero-order chi connectivity index (χ0) is 18.7. The van der Waals surface area contributed by atoms with Crippen LogP contribution >= 0.6 is 12.2 Å². The minimum atomic E-state index is 0.565. The van der Waals surface area contributed by atoms with E-state index in [0.29, 0.717) is 11.4 Å². The van der Waals surface area contributed by atoms with Gasteiger partial charge < -0.3 is 4.74 Å². The van der Waals surface area contributed by atoms with Gasteiger partial charge in [-0.3, -0.25) is 4.90 Å². The molecule has 1 aromatic heterocycles. The number of aromatic nitrogens is 4. The van der Waals surface area contributed by atoms with Gasteiger partial charge in [0.25, 0.3) is 0 Å². The highest BCUT2D eigenvalue weighted by Gasteiger charge is 2.10. The van der Waals surface area contributed by atoms with Gasteiger partial charge in [0.2, 0.25) is 4.77 Å². The average molecular weight is 369 g/mol. The third-order valence-corrected chi connectivity index (χ3v) is 4.60. The molecule has 26 heavy (non-hydrogen) atoms. The predicted molar refractivity (Wildman–Crippen MR) is 104 cm³/mol. The Morgan fingerprint density at radius 2 is 1.81 bits per heavy atom. The van der Waals surface area contributed by atoms with Gasteiger partial charge in [0, 0.05) is 6.54 Å². The van der Waals surface area contributed by atoms with Gasteiger partial charge in [0.1, 0.15) is 5.75 Å². The molecule has 1 heterocycles. The Morgan fingerprint density at radius 3 is 2.50 bits per heavy atom. The van der Waals surface area contributed by atoms with Gasteiger partial charge in [-0.05, 0) is 78.4 Å². The Kier molecular flexibility index (Phi) is 5.49. The van der Waals surface area contributed by atoms with Gasteiger partial charge in [-0.1, -0.05) is 24.3 Å². The van der Waals surface area contributed by atoms with E-state index in [4.69, 9.17) is 17.0 Å². The van der Waals surface area contributed by atoms with Crippen molar-refractivity contribution in [3.63, 3.8) is 0 Å². The standard InChI is InChI=1S/C19H23N5OS/c1-14-5-6-15(2)18(11-14)24-19(26)23(20-21-24)13-22(3)12-16-7-9-17(25-4)10-8-16/h5-11H,12-13H2,1-4H3. The highest BCUT2D eigenvalue weighted by molar-refractivity contribution is 7.71. The van der Waals surface area contributed by atoms with Crippen LogP contribution in [-0.2, 0) is 13.2 Å². The molecule has 0 fully saturated rings. The second kappa shape index (κ2) is 7.80. The Morgan fingerprint density at radius 1 is 1.08 bits per heavy atom. The topological polar surface area (TPSA) is 48.1 Å². The molecular weight excluding hydrogens is 346 g/mol. The number of benzene rings is 2. The minimum Gasteiger partial charge on any atom is -0.497 e. The van der Waals surface area contributed by atoms with E-state index in [0.717, 1.165) is 23.5 Å². The average Bonchev–Trinajstić information content (AvgIpc) is 2.98. The summed E-state index contributed by atoms with van der Waals surface area (Å²) in [5, 5.41) is 8.49. The second-order valence-corrected chi connectivity index (χ2v) is 6.83. The van der Waals surface area contributed by atoms with Crippen molar-refractivity contribution in [2.75, 3.05) is 14.2 Å². The Balaban J connectivity index is 1.75. The molecule has 0 amide bonds. The maximum atomic E-state index is 5.58. The van der Waals surface area contributed by atoms with Gasteiger partial charge >= 0.3 is 0 Å².